The van der Waals surface area contributed by atoms with Gasteiger partial charge in [0.1, 0.15) is 5.75 Å². The number of benzene rings is 2. The highest BCUT2D eigenvalue weighted by Crippen LogP contribution is 2.17. The van der Waals surface area contributed by atoms with E-state index in [-0.39, 0.29) is 29.7 Å². The van der Waals surface area contributed by atoms with Gasteiger partial charge in [-0.2, -0.15) is 0 Å². The molecule has 0 unspecified atom stereocenters. The van der Waals surface area contributed by atoms with Crippen molar-refractivity contribution >= 4 is 35.6 Å². The third-order valence-corrected chi connectivity index (χ3v) is 3.52. The molecule has 0 spiro atoms. The third kappa shape index (κ3) is 6.51. The van der Waals surface area contributed by atoms with Crippen LogP contribution in [0.25, 0.3) is 0 Å². The van der Waals surface area contributed by atoms with Gasteiger partial charge in [-0.3, -0.25) is 10.1 Å². The van der Waals surface area contributed by atoms with Gasteiger partial charge in [0, 0.05) is 30.8 Å². The molecule has 0 atom stereocenters. The molecule has 7 nitrogen and oxygen atoms in total. The number of halogens is 1. The Balaban J connectivity index is 0.00000338. The van der Waals surface area contributed by atoms with Crippen molar-refractivity contribution in [3.05, 3.63) is 69.8 Å². The summed E-state index contributed by atoms with van der Waals surface area (Å²) in [6.07, 6.45) is 0. The quantitative estimate of drug-likeness (QED) is 0.213. The number of ether oxygens (including phenoxy) is 1. The zero-order valence-electron chi connectivity index (χ0n) is 14.8. The number of non-ortho nitro benzene ring substituents is 1. The van der Waals surface area contributed by atoms with Gasteiger partial charge in [0.05, 0.1) is 18.6 Å². The van der Waals surface area contributed by atoms with E-state index in [2.05, 4.69) is 15.6 Å². The molecule has 0 heterocycles. The van der Waals surface area contributed by atoms with Gasteiger partial charge in [0.15, 0.2) is 5.96 Å². The highest BCUT2D eigenvalue weighted by atomic mass is 127. The number of nitrogens with one attached hydrogen (secondary N) is 2. The summed E-state index contributed by atoms with van der Waals surface area (Å²) in [5, 5.41) is 17.3. The summed E-state index contributed by atoms with van der Waals surface area (Å²) in [5.74, 6) is 1.45. The predicted octanol–water partition coefficient (Wildman–Crippen LogP) is 3.48. The lowest BCUT2D eigenvalue weighted by Gasteiger charge is -2.13. The summed E-state index contributed by atoms with van der Waals surface area (Å²) in [6, 6.07) is 14.3. The van der Waals surface area contributed by atoms with Crippen LogP contribution >= 0.6 is 24.0 Å². The Morgan fingerprint density at radius 2 is 1.96 bits per heavy atom. The summed E-state index contributed by atoms with van der Waals surface area (Å²) in [6.45, 7) is 3.61. The first-order chi connectivity index (χ1) is 12.1. The van der Waals surface area contributed by atoms with Crippen LogP contribution in [0.15, 0.2) is 53.5 Å². The van der Waals surface area contributed by atoms with Crippen molar-refractivity contribution in [1.29, 1.82) is 0 Å². The number of aliphatic imine (C=N–C) groups is 1. The Morgan fingerprint density at radius 3 is 2.65 bits per heavy atom. The van der Waals surface area contributed by atoms with Crippen molar-refractivity contribution < 1.29 is 9.66 Å². The Labute approximate surface area is 170 Å². The van der Waals surface area contributed by atoms with Crippen LogP contribution < -0.4 is 15.4 Å². The fourth-order valence-electron chi connectivity index (χ4n) is 2.31. The third-order valence-electron chi connectivity index (χ3n) is 3.52. The van der Waals surface area contributed by atoms with E-state index in [0.29, 0.717) is 25.6 Å². The SMILES string of the molecule is CCNC(=NCc1cccc([N+](=O)[O-])c1)NCc1ccccc1OC.I. The largest absolute Gasteiger partial charge is 0.496 e. The van der Waals surface area contributed by atoms with Gasteiger partial charge in [0.25, 0.3) is 5.69 Å². The molecule has 0 aromatic heterocycles. The molecule has 0 radical (unpaired) electrons. The molecular weight excluding hydrogens is 447 g/mol. The maximum Gasteiger partial charge on any atom is 0.269 e. The van der Waals surface area contributed by atoms with Gasteiger partial charge in [-0.15, -0.1) is 24.0 Å². The molecule has 140 valence electrons. The molecule has 2 aromatic carbocycles. The summed E-state index contributed by atoms with van der Waals surface area (Å²) in [4.78, 5) is 14.9. The topological polar surface area (TPSA) is 88.8 Å². The Morgan fingerprint density at radius 1 is 1.19 bits per heavy atom. The smallest absolute Gasteiger partial charge is 0.269 e. The summed E-state index contributed by atoms with van der Waals surface area (Å²) < 4.78 is 5.34. The van der Waals surface area contributed by atoms with E-state index < -0.39 is 4.92 Å². The van der Waals surface area contributed by atoms with Gasteiger partial charge >= 0.3 is 0 Å². The van der Waals surface area contributed by atoms with Crippen LogP contribution in [-0.4, -0.2) is 24.5 Å². The molecule has 0 aliphatic carbocycles. The number of nitro benzene ring substituents is 1. The minimum Gasteiger partial charge on any atom is -0.496 e. The second-order valence-electron chi connectivity index (χ2n) is 5.29. The second-order valence-corrected chi connectivity index (χ2v) is 5.29. The van der Waals surface area contributed by atoms with Gasteiger partial charge < -0.3 is 15.4 Å². The van der Waals surface area contributed by atoms with E-state index in [4.69, 9.17) is 4.74 Å². The summed E-state index contributed by atoms with van der Waals surface area (Å²) in [5.41, 5.74) is 1.87. The van der Waals surface area contributed by atoms with Gasteiger partial charge in [0.2, 0.25) is 0 Å². The minimum absolute atomic E-state index is 0. The van der Waals surface area contributed by atoms with E-state index >= 15 is 0 Å². The lowest BCUT2D eigenvalue weighted by molar-refractivity contribution is -0.384. The molecule has 2 rings (SSSR count). The molecule has 8 heteroatoms. The van der Waals surface area contributed by atoms with Crippen molar-refractivity contribution in [2.45, 2.75) is 20.0 Å². The molecule has 2 N–H and O–H groups in total. The van der Waals surface area contributed by atoms with Gasteiger partial charge in [-0.25, -0.2) is 4.99 Å². The normalized spacial score (nSPS) is 10.6. The molecular formula is C18H23IN4O3. The van der Waals surface area contributed by atoms with E-state index in [1.807, 2.05) is 37.3 Å². The first kappa shape index (κ1) is 21.7. The van der Waals surface area contributed by atoms with Crippen molar-refractivity contribution in [3.8, 4) is 5.75 Å². The Kier molecular flexibility index (Phi) is 9.42. The highest BCUT2D eigenvalue weighted by Gasteiger charge is 2.06. The molecule has 0 aliphatic heterocycles. The number of methoxy groups -OCH3 is 1. The van der Waals surface area contributed by atoms with E-state index in [0.717, 1.165) is 16.9 Å². The van der Waals surface area contributed by atoms with Crippen LogP contribution in [0.2, 0.25) is 0 Å². The minimum atomic E-state index is -0.404. The fourth-order valence-corrected chi connectivity index (χ4v) is 2.31. The van der Waals surface area contributed by atoms with Crippen LogP contribution in [0.3, 0.4) is 0 Å². The van der Waals surface area contributed by atoms with Crippen molar-refractivity contribution in [2.75, 3.05) is 13.7 Å². The average molecular weight is 470 g/mol. The lowest BCUT2D eigenvalue weighted by Crippen LogP contribution is -2.36. The number of rotatable bonds is 7. The van der Waals surface area contributed by atoms with Crippen molar-refractivity contribution in [2.24, 2.45) is 4.99 Å². The fraction of sp³-hybridized carbons (Fsp3) is 0.278. The number of hydrogen-bond donors (Lipinski definition) is 2. The maximum absolute atomic E-state index is 10.8. The van der Waals surface area contributed by atoms with Crippen LogP contribution in [0.4, 0.5) is 5.69 Å². The zero-order valence-corrected chi connectivity index (χ0v) is 17.1. The lowest BCUT2D eigenvalue weighted by atomic mass is 10.2. The molecule has 0 saturated heterocycles. The van der Waals surface area contributed by atoms with E-state index in [1.165, 1.54) is 12.1 Å². The van der Waals surface area contributed by atoms with Crippen LogP contribution in [0.5, 0.6) is 5.75 Å². The highest BCUT2D eigenvalue weighted by molar-refractivity contribution is 14.0. The molecule has 0 aliphatic rings. The predicted molar refractivity (Wildman–Crippen MR) is 113 cm³/mol. The van der Waals surface area contributed by atoms with Crippen LogP contribution in [-0.2, 0) is 13.1 Å². The molecule has 0 amide bonds. The molecule has 0 bridgehead atoms. The second kappa shape index (κ2) is 11.3. The van der Waals surface area contributed by atoms with Gasteiger partial charge in [-0.1, -0.05) is 30.3 Å². The van der Waals surface area contributed by atoms with E-state index in [9.17, 15) is 10.1 Å². The van der Waals surface area contributed by atoms with Crippen molar-refractivity contribution in [1.82, 2.24) is 10.6 Å². The molecule has 2 aromatic rings. The summed E-state index contributed by atoms with van der Waals surface area (Å²) in [7, 11) is 1.64. The number of hydrogen-bond acceptors (Lipinski definition) is 4. The Bertz CT molecular complexity index is 753. The average Bonchev–Trinajstić information content (AvgIpc) is 2.64. The van der Waals surface area contributed by atoms with E-state index in [1.54, 1.807) is 13.2 Å². The first-order valence-corrected chi connectivity index (χ1v) is 8.01. The molecule has 0 saturated carbocycles. The Hall–Kier alpha value is -2.36. The zero-order chi connectivity index (χ0) is 18.1. The van der Waals surface area contributed by atoms with Crippen LogP contribution in [0.1, 0.15) is 18.1 Å². The van der Waals surface area contributed by atoms with Crippen molar-refractivity contribution in [3.63, 3.8) is 0 Å². The number of para-hydroxylation sites is 1. The first-order valence-electron chi connectivity index (χ1n) is 8.01. The molecule has 26 heavy (non-hydrogen) atoms. The van der Waals surface area contributed by atoms with Crippen LogP contribution in [0, 0.1) is 10.1 Å². The number of nitro groups is 1. The summed E-state index contributed by atoms with van der Waals surface area (Å²) >= 11 is 0. The number of guanidine groups is 1. The monoisotopic (exact) mass is 470 g/mol. The number of nitrogens with zero attached hydrogens (tertiary/aromatic N) is 2. The standard InChI is InChI=1S/C18H22N4O3.HI/c1-3-19-18(21-13-15-8-4-5-10-17(15)25-2)20-12-14-7-6-9-16(11-14)22(23)24;/h4-11H,3,12-13H2,1-2H3,(H2,19,20,21);1H. The molecule has 0 fully saturated rings. The van der Waals surface area contributed by atoms with Gasteiger partial charge in [-0.05, 0) is 18.6 Å². The maximum atomic E-state index is 10.8.